The Hall–Kier alpha value is -3.20. The zero-order valence-corrected chi connectivity index (χ0v) is 13.2. The fourth-order valence-corrected chi connectivity index (χ4v) is 2.76. The van der Waals surface area contributed by atoms with Gasteiger partial charge in [0.25, 0.3) is 11.6 Å². The topological polar surface area (TPSA) is 85.1 Å². The number of nitrogens with one attached hydrogen (secondary N) is 1. The molecule has 2 aromatic carbocycles. The first-order valence-corrected chi connectivity index (χ1v) is 7.79. The summed E-state index contributed by atoms with van der Waals surface area (Å²) in [5.41, 5.74) is 0.477. The van der Waals surface area contributed by atoms with Gasteiger partial charge in [-0.1, -0.05) is 0 Å². The highest BCUT2D eigenvalue weighted by molar-refractivity contribution is 7.14. The van der Waals surface area contributed by atoms with Gasteiger partial charge in [0.05, 0.1) is 10.6 Å². The molecule has 25 heavy (non-hydrogen) atoms. The van der Waals surface area contributed by atoms with E-state index in [-0.39, 0.29) is 27.6 Å². The zero-order chi connectivity index (χ0) is 18.0. The SMILES string of the molecule is O=C(Nc1nc(-c2ccc(F)cc2F)cs1)c1ccc([N+](=O)[O-])cc1. The molecule has 6 nitrogen and oxygen atoms in total. The molecular weight excluding hydrogens is 352 g/mol. The number of hydrogen-bond acceptors (Lipinski definition) is 5. The van der Waals surface area contributed by atoms with Crippen LogP contribution in [0.4, 0.5) is 19.6 Å². The van der Waals surface area contributed by atoms with E-state index in [0.29, 0.717) is 0 Å². The molecule has 0 aliphatic carbocycles. The summed E-state index contributed by atoms with van der Waals surface area (Å²) in [7, 11) is 0. The maximum atomic E-state index is 13.8. The summed E-state index contributed by atoms with van der Waals surface area (Å²) in [6, 6.07) is 8.22. The van der Waals surface area contributed by atoms with Crippen LogP contribution in [0.25, 0.3) is 11.3 Å². The van der Waals surface area contributed by atoms with Crippen LogP contribution in [0, 0.1) is 21.7 Å². The van der Waals surface area contributed by atoms with Gasteiger partial charge in [-0.2, -0.15) is 0 Å². The van der Waals surface area contributed by atoms with Gasteiger partial charge in [-0.15, -0.1) is 11.3 Å². The fourth-order valence-electron chi connectivity index (χ4n) is 2.06. The predicted octanol–water partition coefficient (Wildman–Crippen LogP) is 4.25. The Morgan fingerprint density at radius 3 is 2.52 bits per heavy atom. The molecule has 3 aromatic rings. The number of benzene rings is 2. The van der Waals surface area contributed by atoms with E-state index >= 15 is 0 Å². The van der Waals surface area contributed by atoms with Crippen molar-refractivity contribution in [1.82, 2.24) is 4.98 Å². The molecule has 0 fully saturated rings. The number of anilines is 1. The highest BCUT2D eigenvalue weighted by atomic mass is 32.1. The molecule has 0 saturated carbocycles. The van der Waals surface area contributed by atoms with Gasteiger partial charge in [0.15, 0.2) is 5.13 Å². The lowest BCUT2D eigenvalue weighted by Gasteiger charge is -2.02. The van der Waals surface area contributed by atoms with E-state index < -0.39 is 22.5 Å². The summed E-state index contributed by atoms with van der Waals surface area (Å²) in [5.74, 6) is -1.95. The Balaban J connectivity index is 1.76. The smallest absolute Gasteiger partial charge is 0.269 e. The number of nitro groups is 1. The van der Waals surface area contributed by atoms with E-state index in [1.54, 1.807) is 0 Å². The molecule has 1 heterocycles. The van der Waals surface area contributed by atoms with Gasteiger partial charge in [-0.25, -0.2) is 13.8 Å². The Morgan fingerprint density at radius 1 is 1.16 bits per heavy atom. The van der Waals surface area contributed by atoms with E-state index in [9.17, 15) is 23.7 Å². The Morgan fingerprint density at radius 2 is 1.88 bits per heavy atom. The molecule has 9 heteroatoms. The second-order valence-electron chi connectivity index (χ2n) is 4.92. The molecule has 0 atom stereocenters. The van der Waals surface area contributed by atoms with Gasteiger partial charge in [0, 0.05) is 34.7 Å². The molecule has 1 N–H and O–H groups in total. The Kier molecular flexibility index (Phi) is 4.48. The molecular formula is C16H9F2N3O3S. The number of rotatable bonds is 4. The lowest BCUT2D eigenvalue weighted by atomic mass is 10.1. The molecule has 1 aromatic heterocycles. The number of thiazole rings is 1. The largest absolute Gasteiger partial charge is 0.298 e. The Bertz CT molecular complexity index is 958. The van der Waals surface area contributed by atoms with Crippen molar-refractivity contribution in [3.63, 3.8) is 0 Å². The van der Waals surface area contributed by atoms with Crippen LogP contribution in [-0.4, -0.2) is 15.8 Å². The summed E-state index contributed by atoms with van der Waals surface area (Å²) in [5, 5.41) is 14.9. The standard InChI is InChI=1S/C16H9F2N3O3S/c17-10-3-6-12(13(18)7-10)14-8-25-16(19-14)20-15(22)9-1-4-11(5-2-9)21(23)24/h1-8H,(H,19,20,22). The number of amides is 1. The molecule has 0 aliphatic rings. The normalized spacial score (nSPS) is 10.5. The van der Waals surface area contributed by atoms with Crippen LogP contribution in [0.15, 0.2) is 47.8 Å². The highest BCUT2D eigenvalue weighted by Gasteiger charge is 2.14. The maximum absolute atomic E-state index is 13.8. The van der Waals surface area contributed by atoms with Crippen molar-refractivity contribution in [3.8, 4) is 11.3 Å². The molecule has 0 unspecified atom stereocenters. The lowest BCUT2D eigenvalue weighted by molar-refractivity contribution is -0.384. The number of halogens is 2. The number of non-ortho nitro benzene ring substituents is 1. The molecule has 0 saturated heterocycles. The molecule has 0 spiro atoms. The molecule has 0 aliphatic heterocycles. The van der Waals surface area contributed by atoms with E-state index in [0.717, 1.165) is 23.5 Å². The predicted molar refractivity (Wildman–Crippen MR) is 88.5 cm³/mol. The van der Waals surface area contributed by atoms with Crippen LogP contribution in [0.3, 0.4) is 0 Å². The van der Waals surface area contributed by atoms with Crippen LogP contribution in [0.1, 0.15) is 10.4 Å². The molecule has 1 amide bonds. The second kappa shape index (κ2) is 6.73. The van der Waals surface area contributed by atoms with Crippen LogP contribution >= 0.6 is 11.3 Å². The number of carbonyl (C=O) groups is 1. The number of carbonyl (C=O) groups excluding carboxylic acids is 1. The van der Waals surface area contributed by atoms with Gasteiger partial charge in [-0.05, 0) is 24.3 Å². The zero-order valence-electron chi connectivity index (χ0n) is 12.4. The first-order valence-electron chi connectivity index (χ1n) is 6.91. The van der Waals surface area contributed by atoms with E-state index in [1.807, 2.05) is 0 Å². The van der Waals surface area contributed by atoms with Crippen LogP contribution < -0.4 is 5.32 Å². The minimum absolute atomic E-state index is 0.119. The average Bonchev–Trinajstić information content (AvgIpc) is 3.03. The molecule has 3 rings (SSSR count). The molecule has 0 bridgehead atoms. The quantitative estimate of drug-likeness (QED) is 0.556. The summed E-state index contributed by atoms with van der Waals surface area (Å²) in [6.45, 7) is 0. The van der Waals surface area contributed by atoms with Crippen molar-refractivity contribution in [2.45, 2.75) is 0 Å². The third kappa shape index (κ3) is 3.66. The van der Waals surface area contributed by atoms with Crippen LogP contribution in [0.5, 0.6) is 0 Å². The van der Waals surface area contributed by atoms with Crippen LogP contribution in [-0.2, 0) is 0 Å². The second-order valence-corrected chi connectivity index (χ2v) is 5.78. The first-order chi connectivity index (χ1) is 11.9. The number of nitrogens with zero attached hydrogens (tertiary/aromatic N) is 2. The van der Waals surface area contributed by atoms with Crippen molar-refractivity contribution in [3.05, 3.63) is 75.2 Å². The van der Waals surface area contributed by atoms with E-state index in [4.69, 9.17) is 0 Å². The van der Waals surface area contributed by atoms with Gasteiger partial charge >= 0.3 is 0 Å². The minimum Gasteiger partial charge on any atom is -0.298 e. The summed E-state index contributed by atoms with van der Waals surface area (Å²) < 4.78 is 26.7. The molecule has 126 valence electrons. The monoisotopic (exact) mass is 361 g/mol. The molecule has 0 radical (unpaired) electrons. The van der Waals surface area contributed by atoms with Crippen molar-refractivity contribution < 1.29 is 18.5 Å². The van der Waals surface area contributed by atoms with E-state index in [1.165, 1.54) is 35.7 Å². The summed E-state index contributed by atoms with van der Waals surface area (Å²) in [6.07, 6.45) is 0. The number of nitro benzene ring substituents is 1. The van der Waals surface area contributed by atoms with Gasteiger partial charge in [-0.3, -0.25) is 20.2 Å². The fraction of sp³-hybridized carbons (Fsp3) is 0. The third-order valence-electron chi connectivity index (χ3n) is 3.27. The van der Waals surface area contributed by atoms with Crippen molar-refractivity contribution in [2.75, 3.05) is 5.32 Å². The Labute approximate surface area is 143 Å². The van der Waals surface area contributed by atoms with Gasteiger partial charge in [0.1, 0.15) is 11.6 Å². The number of hydrogen-bond donors (Lipinski definition) is 1. The van der Waals surface area contributed by atoms with Gasteiger partial charge < -0.3 is 0 Å². The first kappa shape index (κ1) is 16.7. The average molecular weight is 361 g/mol. The summed E-state index contributed by atoms with van der Waals surface area (Å²) >= 11 is 1.08. The van der Waals surface area contributed by atoms with E-state index in [2.05, 4.69) is 10.3 Å². The third-order valence-corrected chi connectivity index (χ3v) is 4.03. The highest BCUT2D eigenvalue weighted by Crippen LogP contribution is 2.27. The van der Waals surface area contributed by atoms with Crippen LogP contribution in [0.2, 0.25) is 0 Å². The van der Waals surface area contributed by atoms with Crippen molar-refractivity contribution in [1.29, 1.82) is 0 Å². The summed E-state index contributed by atoms with van der Waals surface area (Å²) in [4.78, 5) is 26.3. The maximum Gasteiger partial charge on any atom is 0.269 e. The minimum atomic E-state index is -0.751. The van der Waals surface area contributed by atoms with Crippen molar-refractivity contribution in [2.24, 2.45) is 0 Å². The number of aromatic nitrogens is 1. The van der Waals surface area contributed by atoms with Gasteiger partial charge in [0.2, 0.25) is 0 Å². The lowest BCUT2D eigenvalue weighted by Crippen LogP contribution is -2.11. The van der Waals surface area contributed by atoms with Crippen molar-refractivity contribution >= 4 is 28.1 Å².